The van der Waals surface area contributed by atoms with Gasteiger partial charge in [-0.2, -0.15) is 0 Å². The molecule has 3 nitrogen and oxygen atoms in total. The largest absolute Gasteiger partial charge is 0.393 e. The fourth-order valence-electron chi connectivity index (χ4n) is 9.45. The van der Waals surface area contributed by atoms with Crippen LogP contribution in [-0.4, -0.2) is 33.6 Å². The van der Waals surface area contributed by atoms with E-state index in [-0.39, 0.29) is 17.4 Å². The highest BCUT2D eigenvalue weighted by Crippen LogP contribution is 2.68. The Morgan fingerprint density at radius 2 is 1.44 bits per heavy atom. The molecule has 4 fully saturated rings. The predicted octanol–water partition coefficient (Wildman–Crippen LogP) is 6.05. The minimum absolute atomic E-state index is 0.0336. The van der Waals surface area contributed by atoms with Gasteiger partial charge in [0.15, 0.2) is 0 Å². The molecule has 0 spiro atoms. The smallest absolute Gasteiger partial charge is 0.0804 e. The Bertz CT molecular complexity index is 670. The zero-order valence-electron chi connectivity index (χ0n) is 22.0. The molecular weight excluding hydrogens is 396 g/mol. The fraction of sp³-hybridized carbons (Fsp3) is 1.00. The molecule has 0 saturated heterocycles. The number of aliphatic hydroxyl groups excluding tert-OH is 3. The van der Waals surface area contributed by atoms with E-state index in [0.717, 1.165) is 24.2 Å². The quantitative estimate of drug-likeness (QED) is 0.491. The van der Waals surface area contributed by atoms with Crippen molar-refractivity contribution >= 4 is 0 Å². The molecule has 0 heterocycles. The first-order valence-corrected chi connectivity index (χ1v) is 13.8. The monoisotopic (exact) mass is 448 g/mol. The van der Waals surface area contributed by atoms with Crippen LogP contribution in [0.1, 0.15) is 106 Å². The molecule has 0 aromatic rings. The van der Waals surface area contributed by atoms with Gasteiger partial charge in [-0.15, -0.1) is 0 Å². The summed E-state index contributed by atoms with van der Waals surface area (Å²) >= 11 is 0. The molecule has 32 heavy (non-hydrogen) atoms. The summed E-state index contributed by atoms with van der Waals surface area (Å²) in [5, 5.41) is 32.1. The van der Waals surface area contributed by atoms with Gasteiger partial charge in [0.05, 0.1) is 18.3 Å². The van der Waals surface area contributed by atoms with Gasteiger partial charge >= 0.3 is 0 Å². The third kappa shape index (κ3) is 4.01. The molecule has 3 N–H and O–H groups in total. The Kier molecular flexibility index (Phi) is 6.65. The third-order valence-electron chi connectivity index (χ3n) is 12.0. The average Bonchev–Trinajstić information content (AvgIpc) is 3.05. The van der Waals surface area contributed by atoms with E-state index in [1.54, 1.807) is 0 Å². The van der Waals surface area contributed by atoms with Crippen LogP contribution in [0.2, 0.25) is 0 Å². The summed E-state index contributed by atoms with van der Waals surface area (Å²) in [6.07, 6.45) is 8.40. The maximum atomic E-state index is 11.2. The van der Waals surface area contributed by atoms with Crippen molar-refractivity contribution in [2.75, 3.05) is 0 Å². The van der Waals surface area contributed by atoms with Gasteiger partial charge in [-0.1, -0.05) is 54.9 Å². The zero-order chi connectivity index (χ0) is 23.6. The second kappa shape index (κ2) is 8.52. The zero-order valence-corrected chi connectivity index (χ0v) is 22.0. The number of hydrogen-bond acceptors (Lipinski definition) is 3. The predicted molar refractivity (Wildman–Crippen MR) is 131 cm³/mol. The Morgan fingerprint density at radius 1 is 0.781 bits per heavy atom. The number of hydrogen-bond donors (Lipinski definition) is 3. The first-order chi connectivity index (χ1) is 14.8. The van der Waals surface area contributed by atoms with E-state index < -0.39 is 12.2 Å². The van der Waals surface area contributed by atoms with Gasteiger partial charge in [0, 0.05) is 0 Å². The molecular formula is C29H52O3. The van der Waals surface area contributed by atoms with Crippen LogP contribution in [0.25, 0.3) is 0 Å². The van der Waals surface area contributed by atoms with Gasteiger partial charge in [-0.25, -0.2) is 0 Å². The van der Waals surface area contributed by atoms with Crippen LogP contribution < -0.4 is 0 Å². The molecule has 0 aromatic heterocycles. The van der Waals surface area contributed by atoms with Crippen molar-refractivity contribution in [1.82, 2.24) is 0 Å². The van der Waals surface area contributed by atoms with Crippen molar-refractivity contribution < 1.29 is 15.3 Å². The Labute approximate surface area is 197 Å². The SMILES string of the molecule is CC(CC[C@@H](C)C1CCC2[C@@H]3CC(O)C4CC(O)[C@@H](O)C[C@]4(C)C3CC[C@@]21C)C(C)(C)C. The molecule has 4 rings (SSSR count). The molecule has 12 atom stereocenters. The Hall–Kier alpha value is -0.120. The van der Waals surface area contributed by atoms with E-state index in [4.69, 9.17) is 0 Å². The Morgan fingerprint density at radius 3 is 2.09 bits per heavy atom. The van der Waals surface area contributed by atoms with Gasteiger partial charge in [-0.3, -0.25) is 0 Å². The maximum Gasteiger partial charge on any atom is 0.0804 e. The number of aliphatic hydroxyl groups is 3. The summed E-state index contributed by atoms with van der Waals surface area (Å²) in [6, 6.07) is 0. The van der Waals surface area contributed by atoms with Crippen LogP contribution in [0.4, 0.5) is 0 Å². The van der Waals surface area contributed by atoms with Gasteiger partial charge in [0.1, 0.15) is 0 Å². The standard InChI is InChI=1S/C29H52O3/c1-17(8-9-18(2)27(3,4)5)20-10-11-21-19-14-24(30)23-15-25(31)26(32)16-29(23,7)22(19)12-13-28(20,21)6/h17-26,30-32H,8-16H2,1-7H3/t17-,18?,19+,20?,21?,22?,23?,24?,25?,26+,28-,29-/m1/s1. The highest BCUT2D eigenvalue weighted by atomic mass is 16.3. The van der Waals surface area contributed by atoms with E-state index in [0.29, 0.717) is 41.4 Å². The molecule has 4 saturated carbocycles. The normalized spacial score (nSPS) is 50.8. The molecule has 7 unspecified atom stereocenters. The van der Waals surface area contributed by atoms with E-state index in [2.05, 4.69) is 48.5 Å². The second-order valence-corrected chi connectivity index (χ2v) is 14.4. The van der Waals surface area contributed by atoms with E-state index in [1.165, 1.54) is 38.5 Å². The van der Waals surface area contributed by atoms with E-state index in [9.17, 15) is 15.3 Å². The van der Waals surface area contributed by atoms with Gasteiger partial charge in [0.2, 0.25) is 0 Å². The van der Waals surface area contributed by atoms with Crippen LogP contribution >= 0.6 is 0 Å². The second-order valence-electron chi connectivity index (χ2n) is 14.4. The summed E-state index contributed by atoms with van der Waals surface area (Å²) in [5.74, 6) is 4.36. The first kappa shape index (κ1) is 25.0. The van der Waals surface area contributed by atoms with Crippen LogP contribution in [0.15, 0.2) is 0 Å². The van der Waals surface area contributed by atoms with Gasteiger partial charge in [0.25, 0.3) is 0 Å². The fourth-order valence-corrected chi connectivity index (χ4v) is 9.45. The van der Waals surface area contributed by atoms with Gasteiger partial charge < -0.3 is 15.3 Å². The molecule has 0 aromatic carbocycles. The minimum atomic E-state index is -0.666. The van der Waals surface area contributed by atoms with Crippen molar-refractivity contribution in [3.8, 4) is 0 Å². The lowest BCUT2D eigenvalue weighted by molar-refractivity contribution is -0.195. The van der Waals surface area contributed by atoms with Crippen LogP contribution in [0, 0.1) is 57.7 Å². The topological polar surface area (TPSA) is 60.7 Å². The third-order valence-corrected chi connectivity index (χ3v) is 12.0. The highest BCUT2D eigenvalue weighted by molar-refractivity contribution is 5.12. The van der Waals surface area contributed by atoms with Crippen LogP contribution in [-0.2, 0) is 0 Å². The van der Waals surface area contributed by atoms with Crippen LogP contribution in [0.5, 0.6) is 0 Å². The lowest BCUT2D eigenvalue weighted by Gasteiger charge is -2.62. The lowest BCUT2D eigenvalue weighted by atomic mass is 9.43. The molecule has 4 aliphatic rings. The molecule has 0 bridgehead atoms. The minimum Gasteiger partial charge on any atom is -0.393 e. The summed E-state index contributed by atoms with van der Waals surface area (Å²) in [5.41, 5.74) is 0.762. The first-order valence-electron chi connectivity index (χ1n) is 13.8. The summed E-state index contributed by atoms with van der Waals surface area (Å²) in [6.45, 7) is 17.0. The molecule has 0 amide bonds. The van der Waals surface area contributed by atoms with Crippen LogP contribution in [0.3, 0.4) is 0 Å². The summed E-state index contributed by atoms with van der Waals surface area (Å²) in [4.78, 5) is 0. The molecule has 3 heteroatoms. The van der Waals surface area contributed by atoms with Crippen molar-refractivity contribution in [1.29, 1.82) is 0 Å². The molecule has 0 radical (unpaired) electrons. The van der Waals surface area contributed by atoms with Crippen molar-refractivity contribution in [2.45, 2.75) is 125 Å². The molecule has 186 valence electrons. The van der Waals surface area contributed by atoms with Crippen molar-refractivity contribution in [3.05, 3.63) is 0 Å². The van der Waals surface area contributed by atoms with E-state index in [1.807, 2.05) is 0 Å². The van der Waals surface area contributed by atoms with Crippen molar-refractivity contribution in [2.24, 2.45) is 57.7 Å². The summed E-state index contributed by atoms with van der Waals surface area (Å²) in [7, 11) is 0. The lowest BCUT2D eigenvalue weighted by Crippen LogP contribution is -2.60. The molecule has 0 aliphatic heterocycles. The highest BCUT2D eigenvalue weighted by Gasteiger charge is 2.63. The Balaban J connectivity index is 1.50. The molecule has 4 aliphatic carbocycles. The summed E-state index contributed by atoms with van der Waals surface area (Å²) < 4.78 is 0. The van der Waals surface area contributed by atoms with E-state index >= 15 is 0 Å². The van der Waals surface area contributed by atoms with Gasteiger partial charge in [-0.05, 0) is 109 Å². The number of rotatable bonds is 4. The number of fused-ring (bicyclic) bond motifs is 5. The van der Waals surface area contributed by atoms with Crippen molar-refractivity contribution in [3.63, 3.8) is 0 Å². The maximum absolute atomic E-state index is 11.2. The average molecular weight is 449 g/mol.